The number of pyridine rings is 1. The molecule has 0 saturated heterocycles. The van der Waals surface area contributed by atoms with Gasteiger partial charge in [0.25, 0.3) is 5.91 Å². The summed E-state index contributed by atoms with van der Waals surface area (Å²) in [7, 11) is 0. The lowest BCUT2D eigenvalue weighted by molar-refractivity contribution is 0.102. The van der Waals surface area contributed by atoms with E-state index >= 15 is 0 Å². The number of carbonyl (C=O) groups excluding carboxylic acids is 1. The van der Waals surface area contributed by atoms with Crippen LogP contribution in [-0.2, 0) is 0 Å². The first-order chi connectivity index (χ1) is 10.9. The Labute approximate surface area is 138 Å². The highest BCUT2D eigenvalue weighted by Crippen LogP contribution is 2.22. The number of nitrogens with zero attached hydrogens (tertiary/aromatic N) is 1. The van der Waals surface area contributed by atoms with Crippen molar-refractivity contribution in [3.05, 3.63) is 70.1 Å². The Bertz CT molecular complexity index is 924. The fourth-order valence-corrected chi connectivity index (χ4v) is 2.66. The van der Waals surface area contributed by atoms with Crippen molar-refractivity contribution in [2.24, 2.45) is 0 Å². The lowest BCUT2D eigenvalue weighted by atomic mass is 10.1. The average Bonchev–Trinajstić information content (AvgIpc) is 2.49. The van der Waals surface area contributed by atoms with Gasteiger partial charge in [-0.15, -0.1) is 0 Å². The molecule has 5 heteroatoms. The first-order valence-corrected chi connectivity index (χ1v) is 7.46. The SMILES string of the molecule is Cc1cc(Cl)ccc1NC(=O)c1cc2cc(F)ccc2nc1C. The van der Waals surface area contributed by atoms with Gasteiger partial charge in [0.2, 0.25) is 0 Å². The fourth-order valence-electron chi connectivity index (χ4n) is 2.43. The number of halogens is 2. The van der Waals surface area contributed by atoms with E-state index in [9.17, 15) is 9.18 Å². The summed E-state index contributed by atoms with van der Waals surface area (Å²) >= 11 is 5.92. The summed E-state index contributed by atoms with van der Waals surface area (Å²) in [6, 6.07) is 11.2. The quantitative estimate of drug-likeness (QED) is 0.727. The highest BCUT2D eigenvalue weighted by atomic mass is 35.5. The molecule has 0 saturated carbocycles. The third kappa shape index (κ3) is 3.17. The lowest BCUT2D eigenvalue weighted by Gasteiger charge is -2.11. The normalized spacial score (nSPS) is 10.8. The molecule has 0 aliphatic rings. The number of benzene rings is 2. The van der Waals surface area contributed by atoms with E-state index in [4.69, 9.17) is 11.6 Å². The van der Waals surface area contributed by atoms with E-state index in [2.05, 4.69) is 10.3 Å². The molecule has 0 unspecified atom stereocenters. The van der Waals surface area contributed by atoms with E-state index in [1.807, 2.05) is 6.92 Å². The van der Waals surface area contributed by atoms with Gasteiger partial charge in [0.15, 0.2) is 0 Å². The molecule has 0 spiro atoms. The molecule has 116 valence electrons. The van der Waals surface area contributed by atoms with E-state index in [-0.39, 0.29) is 11.7 Å². The number of aromatic nitrogens is 1. The largest absolute Gasteiger partial charge is 0.322 e. The number of nitrogens with one attached hydrogen (secondary N) is 1. The number of fused-ring (bicyclic) bond motifs is 1. The minimum atomic E-state index is -0.358. The third-order valence-corrected chi connectivity index (χ3v) is 3.88. The zero-order chi connectivity index (χ0) is 16.6. The Kier molecular flexibility index (Phi) is 4.01. The molecule has 2 aromatic carbocycles. The maximum Gasteiger partial charge on any atom is 0.257 e. The van der Waals surface area contributed by atoms with E-state index < -0.39 is 0 Å². The number of hydrogen-bond donors (Lipinski definition) is 1. The van der Waals surface area contributed by atoms with Gasteiger partial charge in [-0.25, -0.2) is 4.39 Å². The minimum Gasteiger partial charge on any atom is -0.322 e. The van der Waals surface area contributed by atoms with Crippen LogP contribution < -0.4 is 5.32 Å². The van der Waals surface area contributed by atoms with Crippen molar-refractivity contribution in [2.45, 2.75) is 13.8 Å². The second-order valence-electron chi connectivity index (χ2n) is 5.37. The summed E-state index contributed by atoms with van der Waals surface area (Å²) in [5.41, 5.74) is 3.20. The average molecular weight is 329 g/mol. The van der Waals surface area contributed by atoms with Crippen molar-refractivity contribution in [3.63, 3.8) is 0 Å². The van der Waals surface area contributed by atoms with Gasteiger partial charge >= 0.3 is 0 Å². The number of rotatable bonds is 2. The molecule has 23 heavy (non-hydrogen) atoms. The van der Waals surface area contributed by atoms with Crippen LogP contribution in [0.2, 0.25) is 5.02 Å². The molecule has 3 rings (SSSR count). The van der Waals surface area contributed by atoms with Crippen LogP contribution in [0.4, 0.5) is 10.1 Å². The van der Waals surface area contributed by atoms with Crippen molar-refractivity contribution in [1.29, 1.82) is 0 Å². The Morgan fingerprint density at radius 3 is 2.65 bits per heavy atom. The monoisotopic (exact) mass is 328 g/mol. The Morgan fingerprint density at radius 1 is 1.13 bits per heavy atom. The fraction of sp³-hybridized carbons (Fsp3) is 0.111. The molecule has 3 aromatic rings. The number of anilines is 1. The molecule has 3 nitrogen and oxygen atoms in total. The predicted octanol–water partition coefficient (Wildman–Crippen LogP) is 4.90. The molecule has 0 bridgehead atoms. The summed E-state index contributed by atoms with van der Waals surface area (Å²) in [4.78, 5) is 16.9. The van der Waals surface area contributed by atoms with Crippen molar-refractivity contribution in [1.82, 2.24) is 4.98 Å². The van der Waals surface area contributed by atoms with Gasteiger partial charge in [0.1, 0.15) is 5.82 Å². The standard InChI is InChI=1S/C18H14ClFN2O/c1-10-7-13(19)3-5-16(10)22-18(23)15-9-12-8-14(20)4-6-17(12)21-11(15)2/h3-9H,1-2H3,(H,22,23). The van der Waals surface area contributed by atoms with Crippen LogP contribution in [0.15, 0.2) is 42.5 Å². The summed E-state index contributed by atoms with van der Waals surface area (Å²) in [6.07, 6.45) is 0. The second-order valence-corrected chi connectivity index (χ2v) is 5.81. The minimum absolute atomic E-state index is 0.286. The van der Waals surface area contributed by atoms with Crippen molar-refractivity contribution in [3.8, 4) is 0 Å². The Hall–Kier alpha value is -2.46. The third-order valence-electron chi connectivity index (χ3n) is 3.65. The van der Waals surface area contributed by atoms with Crippen LogP contribution >= 0.6 is 11.6 Å². The first kappa shape index (κ1) is 15.4. The first-order valence-electron chi connectivity index (χ1n) is 7.08. The van der Waals surface area contributed by atoms with Gasteiger partial charge in [0.05, 0.1) is 16.8 Å². The van der Waals surface area contributed by atoms with Crippen LogP contribution in [0.1, 0.15) is 21.6 Å². The maximum atomic E-state index is 13.4. The molecule has 0 aliphatic heterocycles. The highest BCUT2D eigenvalue weighted by molar-refractivity contribution is 6.30. The molecule has 0 radical (unpaired) electrons. The lowest BCUT2D eigenvalue weighted by Crippen LogP contribution is -2.15. The van der Waals surface area contributed by atoms with Crippen molar-refractivity contribution < 1.29 is 9.18 Å². The summed E-state index contributed by atoms with van der Waals surface area (Å²) in [5, 5.41) is 4.04. The van der Waals surface area contributed by atoms with Crippen molar-refractivity contribution in [2.75, 3.05) is 5.32 Å². The molecular formula is C18H14ClFN2O. The molecule has 1 amide bonds. The van der Waals surface area contributed by atoms with Gasteiger partial charge in [0, 0.05) is 16.1 Å². The smallest absolute Gasteiger partial charge is 0.257 e. The van der Waals surface area contributed by atoms with Crippen LogP contribution in [0.5, 0.6) is 0 Å². The molecule has 0 atom stereocenters. The van der Waals surface area contributed by atoms with Crippen LogP contribution in [0.3, 0.4) is 0 Å². The number of aryl methyl sites for hydroxylation is 2. The summed E-state index contributed by atoms with van der Waals surface area (Å²) < 4.78 is 13.4. The van der Waals surface area contributed by atoms with E-state index in [0.29, 0.717) is 32.9 Å². The summed E-state index contributed by atoms with van der Waals surface area (Å²) in [5.74, 6) is -0.644. The summed E-state index contributed by atoms with van der Waals surface area (Å²) in [6.45, 7) is 3.62. The van der Waals surface area contributed by atoms with Crippen LogP contribution in [0.25, 0.3) is 10.9 Å². The van der Waals surface area contributed by atoms with Gasteiger partial charge in [-0.1, -0.05) is 11.6 Å². The molecule has 0 fully saturated rings. The Morgan fingerprint density at radius 2 is 1.91 bits per heavy atom. The molecule has 1 N–H and O–H groups in total. The molecule has 1 heterocycles. The van der Waals surface area contributed by atoms with E-state index in [0.717, 1.165) is 5.56 Å². The molecular weight excluding hydrogens is 315 g/mol. The molecule has 1 aromatic heterocycles. The number of carbonyl (C=O) groups is 1. The van der Waals surface area contributed by atoms with E-state index in [1.54, 1.807) is 37.3 Å². The van der Waals surface area contributed by atoms with Crippen LogP contribution in [0, 0.1) is 19.7 Å². The van der Waals surface area contributed by atoms with Gasteiger partial charge < -0.3 is 5.32 Å². The van der Waals surface area contributed by atoms with Gasteiger partial charge in [-0.2, -0.15) is 0 Å². The second kappa shape index (κ2) is 5.97. The topological polar surface area (TPSA) is 42.0 Å². The zero-order valence-corrected chi connectivity index (χ0v) is 13.4. The van der Waals surface area contributed by atoms with Gasteiger partial charge in [-0.3, -0.25) is 9.78 Å². The van der Waals surface area contributed by atoms with Crippen LogP contribution in [-0.4, -0.2) is 10.9 Å². The number of hydrogen-bond acceptors (Lipinski definition) is 2. The Balaban J connectivity index is 1.98. The highest BCUT2D eigenvalue weighted by Gasteiger charge is 2.13. The van der Waals surface area contributed by atoms with Crippen molar-refractivity contribution >= 4 is 34.1 Å². The molecule has 0 aliphatic carbocycles. The van der Waals surface area contributed by atoms with E-state index in [1.165, 1.54) is 12.1 Å². The number of amides is 1. The maximum absolute atomic E-state index is 13.4. The zero-order valence-electron chi connectivity index (χ0n) is 12.7. The van der Waals surface area contributed by atoms with Gasteiger partial charge in [-0.05, 0) is 61.9 Å². The predicted molar refractivity (Wildman–Crippen MR) is 90.6 cm³/mol.